The molecule has 5 nitrogen and oxygen atoms in total. The number of hydrogen-bond acceptors (Lipinski definition) is 3. The second-order valence-electron chi connectivity index (χ2n) is 8.43. The molecule has 5 heteroatoms. The monoisotopic (exact) mass is 371 g/mol. The van der Waals surface area contributed by atoms with E-state index in [0.717, 1.165) is 23.5 Å². The molecular weight excluding hydrogens is 346 g/mol. The maximum atomic E-state index is 4.85. The Hall–Kier alpha value is -2.66. The number of nitrogens with zero attached hydrogens (tertiary/aromatic N) is 4. The third-order valence-corrected chi connectivity index (χ3v) is 6.84. The summed E-state index contributed by atoms with van der Waals surface area (Å²) in [5.41, 5.74) is 4.66. The highest BCUT2D eigenvalue weighted by atomic mass is 15.2. The highest BCUT2D eigenvalue weighted by Crippen LogP contribution is 2.43. The highest BCUT2D eigenvalue weighted by Gasteiger charge is 2.41. The summed E-state index contributed by atoms with van der Waals surface area (Å²) in [5.74, 6) is 1.12. The molecule has 0 amide bonds. The molecule has 0 aliphatic carbocycles. The number of rotatable bonds is 3. The largest absolute Gasteiger partial charge is 0.346 e. The van der Waals surface area contributed by atoms with Gasteiger partial charge in [-0.25, -0.2) is 9.97 Å². The molecule has 0 saturated carbocycles. The molecule has 1 aromatic carbocycles. The second kappa shape index (κ2) is 6.17. The first-order valence-corrected chi connectivity index (χ1v) is 10.4. The Morgan fingerprint density at radius 1 is 1.04 bits per heavy atom. The van der Waals surface area contributed by atoms with Gasteiger partial charge in [0, 0.05) is 36.3 Å². The van der Waals surface area contributed by atoms with Gasteiger partial charge in [0.25, 0.3) is 0 Å². The third-order valence-electron chi connectivity index (χ3n) is 6.84. The van der Waals surface area contributed by atoms with Gasteiger partial charge in [-0.15, -0.1) is 0 Å². The van der Waals surface area contributed by atoms with E-state index in [1.807, 2.05) is 12.4 Å². The SMILES string of the molecule is Cc1nc2cnc3[nH]ccc3c2n1C1C[C@H]2CC[C@@H](C1)N2Cc1ccccc1. The predicted molar refractivity (Wildman–Crippen MR) is 111 cm³/mol. The van der Waals surface area contributed by atoms with Crippen LogP contribution in [0.2, 0.25) is 0 Å². The van der Waals surface area contributed by atoms with Gasteiger partial charge in [0.2, 0.25) is 0 Å². The lowest BCUT2D eigenvalue weighted by Crippen LogP contribution is -2.43. The minimum Gasteiger partial charge on any atom is -0.346 e. The quantitative estimate of drug-likeness (QED) is 0.573. The minimum absolute atomic E-state index is 0.523. The van der Waals surface area contributed by atoms with E-state index >= 15 is 0 Å². The molecule has 1 N–H and O–H groups in total. The van der Waals surface area contributed by atoms with Crippen molar-refractivity contribution in [2.45, 2.75) is 57.3 Å². The lowest BCUT2D eigenvalue weighted by atomic mass is 9.96. The topological polar surface area (TPSA) is 49.7 Å². The summed E-state index contributed by atoms with van der Waals surface area (Å²) in [7, 11) is 0. The van der Waals surface area contributed by atoms with Gasteiger partial charge in [-0.3, -0.25) is 4.90 Å². The van der Waals surface area contributed by atoms with Gasteiger partial charge >= 0.3 is 0 Å². The third kappa shape index (κ3) is 2.42. The van der Waals surface area contributed by atoms with Crippen molar-refractivity contribution in [1.82, 2.24) is 24.4 Å². The number of pyridine rings is 1. The summed E-state index contributed by atoms with van der Waals surface area (Å²) in [6, 6.07) is 14.9. The standard InChI is InChI=1S/C23H25N5/c1-15-26-21-13-25-23-20(9-10-24-23)22(21)28(15)19-11-17-7-8-18(12-19)27(17)14-16-5-3-2-4-6-16/h2-6,9-10,13,17-19H,7-8,11-12,14H2,1H3,(H,24,25)/t17-,18+,19?. The molecule has 28 heavy (non-hydrogen) atoms. The Morgan fingerprint density at radius 2 is 1.82 bits per heavy atom. The number of imidazole rings is 1. The first-order valence-electron chi connectivity index (χ1n) is 10.4. The molecule has 2 fully saturated rings. The Balaban J connectivity index is 1.36. The molecule has 3 aromatic heterocycles. The fourth-order valence-electron chi connectivity index (χ4n) is 5.66. The highest BCUT2D eigenvalue weighted by molar-refractivity contribution is 6.01. The molecule has 142 valence electrons. The van der Waals surface area contributed by atoms with Crippen LogP contribution in [0.4, 0.5) is 0 Å². The fraction of sp³-hybridized carbons (Fsp3) is 0.391. The van der Waals surface area contributed by atoms with Crippen LogP contribution in [0.5, 0.6) is 0 Å². The van der Waals surface area contributed by atoms with Crippen molar-refractivity contribution in [2.75, 3.05) is 0 Å². The number of aryl methyl sites for hydroxylation is 1. The van der Waals surface area contributed by atoms with E-state index in [1.165, 1.54) is 42.1 Å². The smallest absolute Gasteiger partial charge is 0.139 e. The van der Waals surface area contributed by atoms with E-state index < -0.39 is 0 Å². The van der Waals surface area contributed by atoms with Gasteiger partial charge in [-0.2, -0.15) is 0 Å². The number of piperidine rings is 1. The summed E-state index contributed by atoms with van der Waals surface area (Å²) in [6.07, 6.45) is 8.96. The number of fused-ring (bicyclic) bond motifs is 5. The van der Waals surface area contributed by atoms with Gasteiger partial charge in [0.1, 0.15) is 17.0 Å². The van der Waals surface area contributed by atoms with Crippen LogP contribution in [0.25, 0.3) is 22.1 Å². The van der Waals surface area contributed by atoms with Crippen molar-refractivity contribution in [3.8, 4) is 0 Å². The average Bonchev–Trinajstić information content (AvgIpc) is 3.36. The van der Waals surface area contributed by atoms with Gasteiger partial charge in [0.15, 0.2) is 0 Å². The number of hydrogen-bond donors (Lipinski definition) is 1. The number of aromatic nitrogens is 4. The van der Waals surface area contributed by atoms with E-state index in [9.17, 15) is 0 Å². The Bertz CT molecular complexity index is 1130. The predicted octanol–water partition coefficient (Wildman–Crippen LogP) is 4.59. The van der Waals surface area contributed by atoms with Crippen LogP contribution in [-0.2, 0) is 6.54 Å². The summed E-state index contributed by atoms with van der Waals surface area (Å²) < 4.78 is 2.51. The number of nitrogens with one attached hydrogen (secondary N) is 1. The van der Waals surface area contributed by atoms with E-state index in [-0.39, 0.29) is 0 Å². The van der Waals surface area contributed by atoms with Crippen LogP contribution >= 0.6 is 0 Å². The zero-order valence-corrected chi connectivity index (χ0v) is 16.2. The first-order chi connectivity index (χ1) is 13.8. The maximum Gasteiger partial charge on any atom is 0.139 e. The van der Waals surface area contributed by atoms with Crippen LogP contribution in [0, 0.1) is 6.92 Å². The van der Waals surface area contributed by atoms with Crippen LogP contribution in [-0.4, -0.2) is 36.5 Å². The molecule has 0 spiro atoms. The van der Waals surface area contributed by atoms with Crippen molar-refractivity contribution in [3.05, 3.63) is 60.2 Å². The van der Waals surface area contributed by atoms with Gasteiger partial charge in [0.05, 0.1) is 11.7 Å². The van der Waals surface area contributed by atoms with Crippen molar-refractivity contribution in [3.63, 3.8) is 0 Å². The van der Waals surface area contributed by atoms with Crippen LogP contribution < -0.4 is 0 Å². The molecule has 2 saturated heterocycles. The van der Waals surface area contributed by atoms with Crippen LogP contribution in [0.3, 0.4) is 0 Å². The summed E-state index contributed by atoms with van der Waals surface area (Å²) in [4.78, 5) is 15.4. The average molecular weight is 371 g/mol. The van der Waals surface area contributed by atoms with Crippen molar-refractivity contribution in [2.24, 2.45) is 0 Å². The van der Waals surface area contributed by atoms with Crippen LogP contribution in [0.1, 0.15) is 43.1 Å². The van der Waals surface area contributed by atoms with Gasteiger partial charge in [-0.1, -0.05) is 30.3 Å². The molecule has 2 bridgehead atoms. The van der Waals surface area contributed by atoms with Crippen LogP contribution in [0.15, 0.2) is 48.8 Å². The normalized spacial score (nSPS) is 25.1. The second-order valence-corrected chi connectivity index (χ2v) is 8.43. The molecular formula is C23H25N5. The van der Waals surface area contributed by atoms with Crippen molar-refractivity contribution >= 4 is 22.1 Å². The maximum absolute atomic E-state index is 4.85. The molecule has 1 unspecified atom stereocenters. The summed E-state index contributed by atoms with van der Waals surface area (Å²) >= 11 is 0. The minimum atomic E-state index is 0.523. The lowest BCUT2D eigenvalue weighted by molar-refractivity contribution is 0.1000. The Kier molecular flexibility index (Phi) is 3.60. The van der Waals surface area contributed by atoms with Crippen molar-refractivity contribution < 1.29 is 0 Å². The molecule has 0 radical (unpaired) electrons. The van der Waals surface area contributed by atoms with E-state index in [1.54, 1.807) is 0 Å². The number of aromatic amines is 1. The van der Waals surface area contributed by atoms with E-state index in [0.29, 0.717) is 18.1 Å². The molecule has 5 heterocycles. The fourth-order valence-corrected chi connectivity index (χ4v) is 5.66. The Labute approximate surface area is 164 Å². The molecule has 6 rings (SSSR count). The number of H-pyrrole nitrogens is 1. The van der Waals surface area contributed by atoms with E-state index in [4.69, 9.17) is 4.98 Å². The molecule has 3 atom stereocenters. The van der Waals surface area contributed by atoms with Gasteiger partial charge < -0.3 is 9.55 Å². The van der Waals surface area contributed by atoms with Gasteiger partial charge in [-0.05, 0) is 44.2 Å². The summed E-state index contributed by atoms with van der Waals surface area (Å²) in [6.45, 7) is 3.23. The zero-order chi connectivity index (χ0) is 18.7. The molecule has 2 aliphatic rings. The molecule has 4 aromatic rings. The number of benzene rings is 1. The van der Waals surface area contributed by atoms with Crippen molar-refractivity contribution in [1.29, 1.82) is 0 Å². The molecule has 2 aliphatic heterocycles. The Morgan fingerprint density at radius 3 is 2.61 bits per heavy atom. The van der Waals surface area contributed by atoms with E-state index in [2.05, 4.69) is 62.8 Å². The zero-order valence-electron chi connectivity index (χ0n) is 16.2. The first kappa shape index (κ1) is 16.3. The lowest BCUT2D eigenvalue weighted by Gasteiger charge is -2.40. The summed E-state index contributed by atoms with van der Waals surface area (Å²) in [5, 5.41) is 1.19.